The molecule has 0 aromatic heterocycles. The van der Waals surface area contributed by atoms with Gasteiger partial charge in [0.15, 0.2) is 0 Å². The summed E-state index contributed by atoms with van der Waals surface area (Å²) in [6.45, 7) is 3.45. The van der Waals surface area contributed by atoms with Crippen LogP contribution in [0.5, 0.6) is 0 Å². The number of nitrogens with zero attached hydrogens (tertiary/aromatic N) is 2. The quantitative estimate of drug-likeness (QED) is 0.675. The number of nitrogens with two attached hydrogens (primary N) is 1. The molecule has 0 unspecified atom stereocenters. The van der Waals surface area contributed by atoms with Crippen LogP contribution in [0.1, 0.15) is 19.8 Å². The van der Waals surface area contributed by atoms with Crippen molar-refractivity contribution in [2.45, 2.75) is 31.8 Å². The van der Waals surface area contributed by atoms with Crippen molar-refractivity contribution in [1.82, 2.24) is 9.80 Å². The number of likely N-dealkylation sites (tertiary alicyclic amines) is 1. The van der Waals surface area contributed by atoms with Crippen LogP contribution < -0.4 is 5.73 Å². The summed E-state index contributed by atoms with van der Waals surface area (Å²) >= 11 is 0. The highest BCUT2D eigenvalue weighted by Crippen LogP contribution is 2.14. The summed E-state index contributed by atoms with van der Waals surface area (Å²) in [6, 6.07) is 0.262. The minimum absolute atomic E-state index is 0.0854. The topological polar surface area (TPSA) is 49.6 Å². The highest BCUT2D eigenvalue weighted by atomic mass is 16.2. The summed E-state index contributed by atoms with van der Waals surface area (Å²) in [7, 11) is 4.18. The van der Waals surface area contributed by atoms with Gasteiger partial charge in [-0.05, 0) is 33.9 Å². The second kappa shape index (κ2) is 4.75. The lowest BCUT2D eigenvalue weighted by molar-refractivity contribution is -0.133. The van der Waals surface area contributed by atoms with Gasteiger partial charge in [-0.2, -0.15) is 0 Å². The summed E-state index contributed by atoms with van der Waals surface area (Å²) in [5.41, 5.74) is 5.56. The van der Waals surface area contributed by atoms with Crippen LogP contribution in [-0.4, -0.2) is 55.0 Å². The minimum atomic E-state index is -0.356. The summed E-state index contributed by atoms with van der Waals surface area (Å²) in [4.78, 5) is 15.7. The standard InChI is InChI=1S/C10H21N3O/c1-8(11)10(14)13-6-4-9(5-7-13)12(2)3/h8-9H,4-7,11H2,1-3H3/t8-/m0/s1. The molecule has 1 saturated heterocycles. The predicted molar refractivity (Wildman–Crippen MR) is 56.9 cm³/mol. The van der Waals surface area contributed by atoms with E-state index in [2.05, 4.69) is 19.0 Å². The summed E-state index contributed by atoms with van der Waals surface area (Å²) in [6.07, 6.45) is 2.12. The molecule has 0 bridgehead atoms. The van der Waals surface area contributed by atoms with Crippen molar-refractivity contribution in [2.75, 3.05) is 27.2 Å². The molecule has 82 valence electrons. The molecular weight excluding hydrogens is 178 g/mol. The molecule has 0 radical (unpaired) electrons. The van der Waals surface area contributed by atoms with Crippen LogP contribution in [-0.2, 0) is 4.79 Å². The van der Waals surface area contributed by atoms with E-state index >= 15 is 0 Å². The second-order valence-corrected chi connectivity index (χ2v) is 4.31. The number of carbonyl (C=O) groups is 1. The molecule has 0 spiro atoms. The van der Waals surface area contributed by atoms with Gasteiger partial charge < -0.3 is 15.5 Å². The zero-order valence-electron chi connectivity index (χ0n) is 9.36. The lowest BCUT2D eigenvalue weighted by atomic mass is 10.0. The molecule has 1 fully saturated rings. The van der Waals surface area contributed by atoms with Crippen LogP contribution in [0.15, 0.2) is 0 Å². The Morgan fingerprint density at radius 1 is 1.43 bits per heavy atom. The van der Waals surface area contributed by atoms with Gasteiger partial charge >= 0.3 is 0 Å². The van der Waals surface area contributed by atoms with Gasteiger partial charge in [0.2, 0.25) is 5.91 Å². The summed E-state index contributed by atoms with van der Waals surface area (Å²) < 4.78 is 0. The van der Waals surface area contributed by atoms with Gasteiger partial charge in [0.05, 0.1) is 6.04 Å². The molecular formula is C10H21N3O. The molecule has 1 aliphatic heterocycles. The summed E-state index contributed by atoms with van der Waals surface area (Å²) in [5.74, 6) is 0.0854. The van der Waals surface area contributed by atoms with Crippen LogP contribution in [0.4, 0.5) is 0 Å². The van der Waals surface area contributed by atoms with Crippen LogP contribution in [0, 0.1) is 0 Å². The maximum Gasteiger partial charge on any atom is 0.239 e. The Bertz CT molecular complexity index is 196. The van der Waals surface area contributed by atoms with Crippen molar-refractivity contribution in [2.24, 2.45) is 5.73 Å². The van der Waals surface area contributed by atoms with E-state index in [1.54, 1.807) is 6.92 Å². The molecule has 14 heavy (non-hydrogen) atoms. The first-order valence-corrected chi connectivity index (χ1v) is 5.23. The van der Waals surface area contributed by atoms with Crippen molar-refractivity contribution in [1.29, 1.82) is 0 Å². The van der Waals surface area contributed by atoms with Gasteiger partial charge in [-0.25, -0.2) is 0 Å². The van der Waals surface area contributed by atoms with E-state index in [1.807, 2.05) is 4.90 Å². The van der Waals surface area contributed by atoms with Gasteiger partial charge in [-0.1, -0.05) is 0 Å². The van der Waals surface area contributed by atoms with E-state index in [4.69, 9.17) is 5.73 Å². The first-order valence-electron chi connectivity index (χ1n) is 5.23. The molecule has 1 heterocycles. The van der Waals surface area contributed by atoms with Crippen molar-refractivity contribution in [3.63, 3.8) is 0 Å². The highest BCUT2D eigenvalue weighted by Gasteiger charge is 2.24. The normalized spacial score (nSPS) is 21.4. The maximum absolute atomic E-state index is 11.6. The third kappa shape index (κ3) is 2.69. The van der Waals surface area contributed by atoms with E-state index in [0.717, 1.165) is 25.9 Å². The highest BCUT2D eigenvalue weighted by molar-refractivity contribution is 5.81. The lowest BCUT2D eigenvalue weighted by Crippen LogP contribution is -2.49. The second-order valence-electron chi connectivity index (χ2n) is 4.31. The van der Waals surface area contributed by atoms with Crippen LogP contribution >= 0.6 is 0 Å². The Morgan fingerprint density at radius 2 is 1.93 bits per heavy atom. The van der Waals surface area contributed by atoms with Crippen molar-refractivity contribution < 1.29 is 4.79 Å². The van der Waals surface area contributed by atoms with Gasteiger partial charge in [0, 0.05) is 19.1 Å². The third-order valence-electron chi connectivity index (χ3n) is 2.90. The fourth-order valence-electron chi connectivity index (χ4n) is 1.89. The molecule has 4 nitrogen and oxygen atoms in total. The van der Waals surface area contributed by atoms with Gasteiger partial charge in [0.1, 0.15) is 0 Å². The number of rotatable bonds is 2. The summed E-state index contributed by atoms with van der Waals surface area (Å²) in [5, 5.41) is 0. The Hall–Kier alpha value is -0.610. The first kappa shape index (κ1) is 11.5. The monoisotopic (exact) mass is 199 g/mol. The zero-order valence-corrected chi connectivity index (χ0v) is 9.36. The Morgan fingerprint density at radius 3 is 2.29 bits per heavy atom. The number of hydrogen-bond donors (Lipinski definition) is 1. The Kier molecular flexibility index (Phi) is 3.89. The smallest absolute Gasteiger partial charge is 0.239 e. The molecule has 1 rings (SSSR count). The van der Waals surface area contributed by atoms with Crippen LogP contribution in [0.2, 0.25) is 0 Å². The average molecular weight is 199 g/mol. The number of amides is 1. The number of carbonyl (C=O) groups excluding carboxylic acids is 1. The molecule has 1 atom stereocenters. The van der Waals surface area contributed by atoms with Crippen molar-refractivity contribution >= 4 is 5.91 Å². The maximum atomic E-state index is 11.6. The molecule has 0 aliphatic carbocycles. The van der Waals surface area contributed by atoms with Crippen molar-refractivity contribution in [3.8, 4) is 0 Å². The first-order chi connectivity index (χ1) is 6.52. The number of piperidine rings is 1. The fourth-order valence-corrected chi connectivity index (χ4v) is 1.89. The van der Waals surface area contributed by atoms with E-state index < -0.39 is 0 Å². The van der Waals surface area contributed by atoms with Crippen molar-refractivity contribution in [3.05, 3.63) is 0 Å². The molecule has 0 aromatic rings. The van der Waals surface area contributed by atoms with Crippen LogP contribution in [0.3, 0.4) is 0 Å². The fraction of sp³-hybridized carbons (Fsp3) is 0.900. The van der Waals surface area contributed by atoms with E-state index in [9.17, 15) is 4.79 Å². The van der Waals surface area contributed by atoms with Gasteiger partial charge in [-0.15, -0.1) is 0 Å². The SMILES string of the molecule is C[C@H](N)C(=O)N1CCC(N(C)C)CC1. The minimum Gasteiger partial charge on any atom is -0.341 e. The lowest BCUT2D eigenvalue weighted by Gasteiger charge is -2.35. The molecule has 1 aliphatic rings. The largest absolute Gasteiger partial charge is 0.341 e. The molecule has 0 aromatic carbocycles. The van der Waals surface area contributed by atoms with E-state index in [1.165, 1.54) is 0 Å². The number of hydrogen-bond acceptors (Lipinski definition) is 3. The van der Waals surface area contributed by atoms with E-state index in [0.29, 0.717) is 6.04 Å². The van der Waals surface area contributed by atoms with E-state index in [-0.39, 0.29) is 11.9 Å². The predicted octanol–water partition coefficient (Wildman–Crippen LogP) is -0.114. The zero-order chi connectivity index (χ0) is 10.7. The van der Waals surface area contributed by atoms with Crippen LogP contribution in [0.25, 0.3) is 0 Å². The Labute approximate surface area is 86.0 Å². The Balaban J connectivity index is 2.39. The average Bonchev–Trinajstić information content (AvgIpc) is 2.16. The molecule has 1 amide bonds. The van der Waals surface area contributed by atoms with Gasteiger partial charge in [0.25, 0.3) is 0 Å². The molecule has 4 heteroatoms. The van der Waals surface area contributed by atoms with Gasteiger partial charge in [-0.3, -0.25) is 4.79 Å². The molecule has 0 saturated carbocycles. The molecule has 2 N–H and O–H groups in total. The third-order valence-corrected chi connectivity index (χ3v) is 2.90.